The van der Waals surface area contributed by atoms with E-state index in [2.05, 4.69) is 41.7 Å². The largest absolute Gasteiger partial charge is 0.416 e. The summed E-state index contributed by atoms with van der Waals surface area (Å²) < 4.78 is 39.7. The molecule has 1 aromatic carbocycles. The maximum atomic E-state index is 13.2. The molecule has 0 unspecified atom stereocenters. The van der Waals surface area contributed by atoms with E-state index in [1.807, 2.05) is 0 Å². The molecule has 11 heteroatoms. The Hall–Kier alpha value is -2.82. The van der Waals surface area contributed by atoms with Gasteiger partial charge in [-0.3, -0.25) is 9.59 Å². The van der Waals surface area contributed by atoms with E-state index in [4.69, 9.17) is 0 Å². The summed E-state index contributed by atoms with van der Waals surface area (Å²) in [5.41, 5.74) is -1.41. The molecule has 194 valence electrons. The SMILES string of the molecule is CC(C)N(C)[C@H]1CC[C@H](NC(=O)CNC(=O)c2cc(C(F)(F)F)ccc2NC(=O)N2CCC2)CC1. The third-order valence-electron chi connectivity index (χ3n) is 6.84. The van der Waals surface area contributed by atoms with Crippen molar-refractivity contribution in [3.63, 3.8) is 0 Å². The number of amides is 4. The zero-order valence-electron chi connectivity index (χ0n) is 20.4. The first-order chi connectivity index (χ1) is 16.5. The van der Waals surface area contributed by atoms with E-state index in [0.717, 1.165) is 44.2 Å². The molecule has 1 aromatic rings. The fraction of sp³-hybridized carbons (Fsp3) is 0.625. The molecule has 4 amide bonds. The lowest BCUT2D eigenvalue weighted by Gasteiger charge is -2.37. The van der Waals surface area contributed by atoms with Crippen LogP contribution >= 0.6 is 0 Å². The van der Waals surface area contributed by atoms with Crippen LogP contribution in [0.1, 0.15) is 61.9 Å². The molecule has 0 atom stereocenters. The standard InChI is InChI=1S/C24H34F3N5O3/c1-15(2)31(3)18-8-6-17(7-9-18)29-21(33)14-28-22(34)19-13-16(24(25,26)27)5-10-20(19)30-23(35)32-11-4-12-32/h5,10,13,15,17-18H,4,6-9,11-12,14H2,1-3H3,(H,28,34)(H,29,33)(H,30,35)/t17-,18-. The lowest BCUT2D eigenvalue weighted by molar-refractivity contribution is -0.137. The molecule has 1 aliphatic carbocycles. The van der Waals surface area contributed by atoms with Gasteiger partial charge in [-0.05, 0) is 71.2 Å². The Morgan fingerprint density at radius 3 is 2.31 bits per heavy atom. The van der Waals surface area contributed by atoms with Gasteiger partial charge in [-0.1, -0.05) is 0 Å². The second-order valence-electron chi connectivity index (χ2n) is 9.54. The highest BCUT2D eigenvalue weighted by Gasteiger charge is 2.32. The van der Waals surface area contributed by atoms with Crippen LogP contribution in [0.25, 0.3) is 0 Å². The quantitative estimate of drug-likeness (QED) is 0.538. The highest BCUT2D eigenvalue weighted by atomic mass is 19.4. The number of anilines is 1. The summed E-state index contributed by atoms with van der Waals surface area (Å²) in [5, 5.41) is 7.79. The number of benzene rings is 1. The van der Waals surface area contributed by atoms with Crippen LogP contribution in [0.2, 0.25) is 0 Å². The Morgan fingerprint density at radius 2 is 1.77 bits per heavy atom. The van der Waals surface area contributed by atoms with Gasteiger partial charge in [-0.25, -0.2) is 4.79 Å². The van der Waals surface area contributed by atoms with Gasteiger partial charge in [0.05, 0.1) is 23.4 Å². The minimum atomic E-state index is -4.66. The predicted octanol–water partition coefficient (Wildman–Crippen LogP) is 3.44. The topological polar surface area (TPSA) is 93.8 Å². The Balaban J connectivity index is 1.58. The Morgan fingerprint density at radius 1 is 1.11 bits per heavy atom. The monoisotopic (exact) mass is 497 g/mol. The Labute approximate surface area is 203 Å². The number of nitrogens with zero attached hydrogens (tertiary/aromatic N) is 2. The molecular formula is C24H34F3N5O3. The second-order valence-corrected chi connectivity index (χ2v) is 9.54. The molecule has 2 fully saturated rings. The average molecular weight is 498 g/mol. The van der Waals surface area contributed by atoms with Crippen molar-refractivity contribution in [3.8, 4) is 0 Å². The third kappa shape index (κ3) is 7.09. The van der Waals surface area contributed by atoms with Gasteiger partial charge < -0.3 is 25.8 Å². The number of halogens is 3. The first-order valence-electron chi connectivity index (χ1n) is 12.0. The van der Waals surface area contributed by atoms with Crippen LogP contribution < -0.4 is 16.0 Å². The highest BCUT2D eigenvalue weighted by molar-refractivity contribution is 6.04. The van der Waals surface area contributed by atoms with Gasteiger partial charge in [-0.2, -0.15) is 13.2 Å². The van der Waals surface area contributed by atoms with Crippen LogP contribution in [0, 0.1) is 0 Å². The van der Waals surface area contributed by atoms with E-state index in [1.54, 1.807) is 0 Å². The summed E-state index contributed by atoms with van der Waals surface area (Å²) in [5.74, 6) is -1.27. The third-order valence-corrected chi connectivity index (χ3v) is 6.84. The van der Waals surface area contributed by atoms with Crippen molar-refractivity contribution in [1.82, 2.24) is 20.4 Å². The molecule has 35 heavy (non-hydrogen) atoms. The van der Waals surface area contributed by atoms with E-state index < -0.39 is 29.6 Å². The minimum absolute atomic E-state index is 0.00357. The lowest BCUT2D eigenvalue weighted by atomic mass is 9.90. The van der Waals surface area contributed by atoms with Crippen LogP contribution in [-0.2, 0) is 11.0 Å². The first-order valence-corrected chi connectivity index (χ1v) is 12.0. The number of carbonyl (C=O) groups is 3. The molecule has 2 aliphatic rings. The molecule has 1 heterocycles. The summed E-state index contributed by atoms with van der Waals surface area (Å²) in [6.45, 7) is 5.00. The maximum Gasteiger partial charge on any atom is 0.416 e. The summed E-state index contributed by atoms with van der Waals surface area (Å²) in [6, 6.07) is 2.97. The molecular weight excluding hydrogens is 463 g/mol. The molecule has 3 rings (SSSR count). The molecule has 0 radical (unpaired) electrons. The smallest absolute Gasteiger partial charge is 0.352 e. The highest BCUT2D eigenvalue weighted by Crippen LogP contribution is 2.32. The number of alkyl halides is 3. The van der Waals surface area contributed by atoms with Gasteiger partial charge in [-0.15, -0.1) is 0 Å². The van der Waals surface area contributed by atoms with Gasteiger partial charge in [0.15, 0.2) is 0 Å². The average Bonchev–Trinajstić information content (AvgIpc) is 2.75. The van der Waals surface area contributed by atoms with Crippen LogP contribution in [0.4, 0.5) is 23.7 Å². The molecule has 1 saturated heterocycles. The number of carbonyl (C=O) groups excluding carboxylic acids is 3. The van der Waals surface area contributed by atoms with Crippen molar-refractivity contribution in [3.05, 3.63) is 29.3 Å². The second kappa shape index (κ2) is 11.3. The zero-order chi connectivity index (χ0) is 25.8. The van der Waals surface area contributed by atoms with Crippen molar-refractivity contribution < 1.29 is 27.6 Å². The molecule has 3 N–H and O–H groups in total. The van der Waals surface area contributed by atoms with Crippen LogP contribution in [0.5, 0.6) is 0 Å². The number of likely N-dealkylation sites (tertiary alicyclic amines) is 1. The van der Waals surface area contributed by atoms with Crippen LogP contribution in [0.15, 0.2) is 18.2 Å². The zero-order valence-corrected chi connectivity index (χ0v) is 20.4. The number of hydrogen-bond donors (Lipinski definition) is 3. The Kier molecular flexibility index (Phi) is 8.63. The fourth-order valence-corrected chi connectivity index (χ4v) is 4.31. The van der Waals surface area contributed by atoms with E-state index in [9.17, 15) is 27.6 Å². The van der Waals surface area contributed by atoms with Gasteiger partial charge in [0.25, 0.3) is 5.91 Å². The van der Waals surface area contributed by atoms with E-state index in [0.29, 0.717) is 31.2 Å². The summed E-state index contributed by atoms with van der Waals surface area (Å²) >= 11 is 0. The molecule has 0 bridgehead atoms. The lowest BCUT2D eigenvalue weighted by Crippen LogP contribution is -2.47. The summed E-state index contributed by atoms with van der Waals surface area (Å²) in [7, 11) is 2.10. The molecule has 0 spiro atoms. The van der Waals surface area contributed by atoms with Crippen molar-refractivity contribution in [2.75, 3.05) is 32.0 Å². The number of rotatable bonds is 7. The molecule has 1 saturated carbocycles. The van der Waals surface area contributed by atoms with Gasteiger partial charge in [0.2, 0.25) is 5.91 Å². The van der Waals surface area contributed by atoms with E-state index >= 15 is 0 Å². The summed E-state index contributed by atoms with van der Waals surface area (Å²) in [4.78, 5) is 41.2. The van der Waals surface area contributed by atoms with Crippen molar-refractivity contribution in [2.24, 2.45) is 0 Å². The minimum Gasteiger partial charge on any atom is -0.352 e. The molecule has 0 aromatic heterocycles. The van der Waals surface area contributed by atoms with Gasteiger partial charge in [0.1, 0.15) is 0 Å². The predicted molar refractivity (Wildman–Crippen MR) is 126 cm³/mol. The number of nitrogens with one attached hydrogen (secondary N) is 3. The van der Waals surface area contributed by atoms with Crippen LogP contribution in [-0.4, -0.2) is 72.5 Å². The first kappa shape index (κ1) is 26.8. The maximum absolute atomic E-state index is 13.2. The molecule has 8 nitrogen and oxygen atoms in total. The van der Waals surface area contributed by atoms with Gasteiger partial charge in [0, 0.05) is 31.2 Å². The van der Waals surface area contributed by atoms with Gasteiger partial charge >= 0.3 is 12.2 Å². The Bertz CT molecular complexity index is 925. The number of hydrogen-bond acceptors (Lipinski definition) is 4. The van der Waals surface area contributed by atoms with Crippen LogP contribution in [0.3, 0.4) is 0 Å². The molecule has 1 aliphatic heterocycles. The van der Waals surface area contributed by atoms with E-state index in [-0.39, 0.29) is 23.8 Å². The fourth-order valence-electron chi connectivity index (χ4n) is 4.31. The van der Waals surface area contributed by atoms with Crippen molar-refractivity contribution in [2.45, 2.75) is 70.3 Å². The van der Waals surface area contributed by atoms with E-state index in [1.165, 1.54) is 4.90 Å². The summed E-state index contributed by atoms with van der Waals surface area (Å²) in [6.07, 6.45) is -0.260. The number of urea groups is 1. The van der Waals surface area contributed by atoms with Crippen molar-refractivity contribution >= 4 is 23.5 Å². The van der Waals surface area contributed by atoms with Crippen molar-refractivity contribution in [1.29, 1.82) is 0 Å². The normalized spacial score (nSPS) is 20.4.